The van der Waals surface area contributed by atoms with Crippen LogP contribution in [-0.4, -0.2) is 11.6 Å². The zero-order chi connectivity index (χ0) is 14.2. The third kappa shape index (κ3) is 4.09. The highest BCUT2D eigenvalue weighted by Crippen LogP contribution is 2.20. The lowest BCUT2D eigenvalue weighted by atomic mass is 10.0. The molecular weight excluding hydrogens is 246 g/mol. The van der Waals surface area contributed by atoms with Gasteiger partial charge in [-0.1, -0.05) is 44.5 Å². The quantitative estimate of drug-likeness (QED) is 0.714. The third-order valence-electron chi connectivity index (χ3n) is 3.28. The predicted octanol–water partition coefficient (Wildman–Crippen LogP) is 4.88. The van der Waals surface area contributed by atoms with Crippen molar-refractivity contribution in [3.8, 4) is 17.0 Å². The van der Waals surface area contributed by atoms with Crippen molar-refractivity contribution in [2.75, 3.05) is 6.61 Å². The molecule has 106 valence electrons. The molecule has 0 aliphatic rings. The number of pyridine rings is 1. The fourth-order valence-electron chi connectivity index (χ4n) is 2.08. The Morgan fingerprint density at radius 3 is 2.35 bits per heavy atom. The zero-order valence-corrected chi connectivity index (χ0v) is 12.4. The van der Waals surface area contributed by atoms with Crippen molar-refractivity contribution >= 4 is 0 Å². The number of nitrogens with zero attached hydrogens (tertiary/aromatic N) is 1. The van der Waals surface area contributed by atoms with Gasteiger partial charge in [-0.25, -0.2) is 0 Å². The highest BCUT2D eigenvalue weighted by atomic mass is 16.5. The lowest BCUT2D eigenvalue weighted by molar-refractivity contribution is 0.316. The smallest absolute Gasteiger partial charge is 0.137 e. The number of aryl methyl sites for hydroxylation is 1. The molecule has 0 fully saturated rings. The SMILES string of the molecule is CCCCc1ccc(-c2ccc(OCCC)cn2)cc1. The second kappa shape index (κ2) is 7.68. The summed E-state index contributed by atoms with van der Waals surface area (Å²) in [7, 11) is 0. The molecule has 0 bridgehead atoms. The molecule has 2 aromatic rings. The van der Waals surface area contributed by atoms with E-state index in [1.54, 1.807) is 6.20 Å². The van der Waals surface area contributed by atoms with Crippen molar-refractivity contribution in [2.24, 2.45) is 0 Å². The molecule has 0 amide bonds. The molecule has 0 radical (unpaired) electrons. The van der Waals surface area contributed by atoms with E-state index < -0.39 is 0 Å². The van der Waals surface area contributed by atoms with E-state index in [1.807, 2.05) is 12.1 Å². The molecule has 0 aliphatic heterocycles. The maximum Gasteiger partial charge on any atom is 0.137 e. The van der Waals surface area contributed by atoms with Crippen LogP contribution in [0.3, 0.4) is 0 Å². The number of hydrogen-bond donors (Lipinski definition) is 0. The van der Waals surface area contributed by atoms with Gasteiger partial charge in [0.15, 0.2) is 0 Å². The maximum atomic E-state index is 5.55. The summed E-state index contributed by atoms with van der Waals surface area (Å²) < 4.78 is 5.55. The van der Waals surface area contributed by atoms with Crippen LogP contribution in [0.4, 0.5) is 0 Å². The molecule has 0 saturated heterocycles. The first-order chi connectivity index (χ1) is 9.83. The predicted molar refractivity (Wildman–Crippen MR) is 84.1 cm³/mol. The van der Waals surface area contributed by atoms with Crippen molar-refractivity contribution < 1.29 is 4.74 Å². The van der Waals surface area contributed by atoms with Gasteiger partial charge in [-0.3, -0.25) is 4.98 Å². The van der Waals surface area contributed by atoms with E-state index in [-0.39, 0.29) is 0 Å². The third-order valence-corrected chi connectivity index (χ3v) is 3.28. The van der Waals surface area contributed by atoms with E-state index in [0.29, 0.717) is 0 Å². The van der Waals surface area contributed by atoms with Gasteiger partial charge in [-0.15, -0.1) is 0 Å². The Labute approximate surface area is 121 Å². The molecule has 2 nitrogen and oxygen atoms in total. The number of hydrogen-bond acceptors (Lipinski definition) is 2. The van der Waals surface area contributed by atoms with Crippen LogP contribution >= 0.6 is 0 Å². The largest absolute Gasteiger partial charge is 0.492 e. The Morgan fingerprint density at radius 1 is 0.950 bits per heavy atom. The van der Waals surface area contributed by atoms with Crippen molar-refractivity contribution in [2.45, 2.75) is 39.5 Å². The monoisotopic (exact) mass is 269 g/mol. The Kier molecular flexibility index (Phi) is 5.60. The van der Waals surface area contributed by atoms with Crippen LogP contribution < -0.4 is 4.74 Å². The molecule has 1 aromatic carbocycles. The number of unbranched alkanes of at least 4 members (excludes halogenated alkanes) is 1. The van der Waals surface area contributed by atoms with Gasteiger partial charge in [0.05, 0.1) is 18.5 Å². The highest BCUT2D eigenvalue weighted by molar-refractivity contribution is 5.59. The zero-order valence-electron chi connectivity index (χ0n) is 12.4. The van der Waals surface area contributed by atoms with Gasteiger partial charge in [-0.2, -0.15) is 0 Å². The summed E-state index contributed by atoms with van der Waals surface area (Å²) >= 11 is 0. The lowest BCUT2D eigenvalue weighted by Gasteiger charge is -2.06. The second-order valence-corrected chi connectivity index (χ2v) is 5.03. The Morgan fingerprint density at radius 2 is 1.75 bits per heavy atom. The molecule has 2 rings (SSSR count). The van der Waals surface area contributed by atoms with E-state index in [0.717, 1.165) is 36.5 Å². The molecule has 0 saturated carbocycles. The fourth-order valence-corrected chi connectivity index (χ4v) is 2.08. The van der Waals surface area contributed by atoms with Crippen LogP contribution in [0.1, 0.15) is 38.7 Å². The molecule has 0 aliphatic carbocycles. The van der Waals surface area contributed by atoms with Gasteiger partial charge in [0, 0.05) is 5.56 Å². The van der Waals surface area contributed by atoms with Gasteiger partial charge >= 0.3 is 0 Å². The van der Waals surface area contributed by atoms with Gasteiger partial charge in [0.1, 0.15) is 5.75 Å². The Balaban J connectivity index is 2.03. The number of aromatic nitrogens is 1. The van der Waals surface area contributed by atoms with Crippen LogP contribution in [0.5, 0.6) is 5.75 Å². The summed E-state index contributed by atoms with van der Waals surface area (Å²) in [6, 6.07) is 12.7. The van der Waals surface area contributed by atoms with Gasteiger partial charge in [0.25, 0.3) is 0 Å². The van der Waals surface area contributed by atoms with Crippen molar-refractivity contribution in [1.82, 2.24) is 4.98 Å². The first kappa shape index (κ1) is 14.6. The lowest BCUT2D eigenvalue weighted by Crippen LogP contribution is -1.95. The number of rotatable bonds is 7. The van der Waals surface area contributed by atoms with Crippen molar-refractivity contribution in [3.63, 3.8) is 0 Å². The van der Waals surface area contributed by atoms with E-state index >= 15 is 0 Å². The van der Waals surface area contributed by atoms with E-state index in [9.17, 15) is 0 Å². The van der Waals surface area contributed by atoms with Gasteiger partial charge in [0.2, 0.25) is 0 Å². The molecule has 0 spiro atoms. The van der Waals surface area contributed by atoms with E-state index in [4.69, 9.17) is 4.74 Å². The van der Waals surface area contributed by atoms with Gasteiger partial charge < -0.3 is 4.74 Å². The topological polar surface area (TPSA) is 22.1 Å². The summed E-state index contributed by atoms with van der Waals surface area (Å²) in [6.45, 7) is 5.06. The summed E-state index contributed by atoms with van der Waals surface area (Å²) in [4.78, 5) is 4.47. The minimum absolute atomic E-state index is 0.743. The first-order valence-corrected chi connectivity index (χ1v) is 7.51. The Bertz CT molecular complexity index is 452. The summed E-state index contributed by atoms with van der Waals surface area (Å²) in [6.07, 6.45) is 6.47. The standard InChI is InChI=1S/C18H23NO/c1-3-5-6-15-7-9-16(10-8-15)18-12-11-17(14-19-18)20-13-4-2/h7-12,14H,3-6,13H2,1-2H3. The normalized spacial score (nSPS) is 10.5. The summed E-state index contributed by atoms with van der Waals surface area (Å²) in [5.74, 6) is 0.843. The fraction of sp³-hybridized carbons (Fsp3) is 0.389. The molecule has 1 heterocycles. The molecule has 20 heavy (non-hydrogen) atoms. The number of benzene rings is 1. The maximum absolute atomic E-state index is 5.55. The summed E-state index contributed by atoms with van der Waals surface area (Å²) in [5, 5.41) is 0. The van der Waals surface area contributed by atoms with Crippen LogP contribution in [-0.2, 0) is 6.42 Å². The highest BCUT2D eigenvalue weighted by Gasteiger charge is 2.01. The molecule has 1 aromatic heterocycles. The van der Waals surface area contributed by atoms with Crippen LogP contribution in [0.2, 0.25) is 0 Å². The minimum Gasteiger partial charge on any atom is -0.492 e. The van der Waals surface area contributed by atoms with Crippen LogP contribution in [0.25, 0.3) is 11.3 Å². The molecule has 0 N–H and O–H groups in total. The Hall–Kier alpha value is -1.83. The molecule has 0 unspecified atom stereocenters. The number of ether oxygens (including phenoxy) is 1. The second-order valence-electron chi connectivity index (χ2n) is 5.03. The minimum atomic E-state index is 0.743. The summed E-state index contributed by atoms with van der Waals surface area (Å²) in [5.41, 5.74) is 3.56. The van der Waals surface area contributed by atoms with Crippen molar-refractivity contribution in [1.29, 1.82) is 0 Å². The first-order valence-electron chi connectivity index (χ1n) is 7.51. The van der Waals surface area contributed by atoms with Crippen molar-refractivity contribution in [3.05, 3.63) is 48.2 Å². The van der Waals surface area contributed by atoms with Crippen LogP contribution in [0.15, 0.2) is 42.6 Å². The van der Waals surface area contributed by atoms with Gasteiger partial charge in [-0.05, 0) is 37.0 Å². The molecule has 2 heteroatoms. The average Bonchev–Trinajstić information content (AvgIpc) is 2.52. The molecular formula is C18H23NO. The average molecular weight is 269 g/mol. The van der Waals surface area contributed by atoms with Crippen LogP contribution in [0, 0.1) is 0 Å². The van der Waals surface area contributed by atoms with E-state index in [1.165, 1.54) is 18.4 Å². The molecule has 0 atom stereocenters. The van der Waals surface area contributed by atoms with E-state index in [2.05, 4.69) is 43.1 Å².